The number of benzene rings is 2. The van der Waals surface area contributed by atoms with E-state index in [-0.39, 0.29) is 0 Å². The third kappa shape index (κ3) is 4.10. The van der Waals surface area contributed by atoms with Crippen LogP contribution in [-0.4, -0.2) is 16.8 Å². The minimum atomic E-state index is -1.01. The molecule has 0 unspecified atom stereocenters. The van der Waals surface area contributed by atoms with Crippen molar-refractivity contribution in [2.24, 2.45) is 5.10 Å². The number of hydrogen-bond donors (Lipinski definition) is 2. The van der Waals surface area contributed by atoms with E-state index in [1.165, 1.54) is 6.08 Å². The van der Waals surface area contributed by atoms with Gasteiger partial charge in [0.2, 0.25) is 0 Å². The number of nitrogens with zero attached hydrogens (tertiary/aromatic N) is 1. The van der Waals surface area contributed by atoms with Gasteiger partial charge in [-0.1, -0.05) is 48.5 Å². The van der Waals surface area contributed by atoms with Gasteiger partial charge < -0.3 is 5.11 Å². The van der Waals surface area contributed by atoms with Crippen LogP contribution in [0, 0.1) is 0 Å². The van der Waals surface area contributed by atoms with Crippen molar-refractivity contribution in [3.63, 3.8) is 0 Å². The van der Waals surface area contributed by atoms with Crippen molar-refractivity contribution in [3.05, 3.63) is 78.4 Å². The molecule has 0 aliphatic carbocycles. The predicted octanol–water partition coefficient (Wildman–Crippen LogP) is 3.14. The van der Waals surface area contributed by atoms with Gasteiger partial charge in [0, 0.05) is 11.6 Å². The second-order valence-corrected chi connectivity index (χ2v) is 4.01. The van der Waals surface area contributed by atoms with E-state index in [2.05, 4.69) is 10.5 Å². The molecule has 2 aromatic carbocycles. The van der Waals surface area contributed by atoms with Gasteiger partial charge in [0.25, 0.3) is 0 Å². The maximum atomic E-state index is 10.6. The first kappa shape index (κ1) is 13.5. The Morgan fingerprint density at radius 3 is 2.15 bits per heavy atom. The Morgan fingerprint density at radius 2 is 1.55 bits per heavy atom. The fourth-order valence-electron chi connectivity index (χ4n) is 1.59. The summed E-state index contributed by atoms with van der Waals surface area (Å²) in [5.41, 5.74) is 5.14. The summed E-state index contributed by atoms with van der Waals surface area (Å²) in [6.45, 7) is 0. The van der Waals surface area contributed by atoms with Gasteiger partial charge in [-0.3, -0.25) is 5.43 Å². The zero-order valence-corrected chi connectivity index (χ0v) is 10.7. The molecule has 0 atom stereocenters. The van der Waals surface area contributed by atoms with Crippen molar-refractivity contribution in [2.45, 2.75) is 0 Å². The smallest absolute Gasteiger partial charge is 0.328 e. The third-order valence-electron chi connectivity index (χ3n) is 2.53. The highest BCUT2D eigenvalue weighted by Gasteiger charge is 2.00. The first-order valence-corrected chi connectivity index (χ1v) is 6.11. The van der Waals surface area contributed by atoms with Crippen LogP contribution >= 0.6 is 0 Å². The summed E-state index contributed by atoms with van der Waals surface area (Å²) >= 11 is 0. The Balaban J connectivity index is 2.25. The second kappa shape index (κ2) is 6.89. The number of anilines is 1. The Morgan fingerprint density at radius 1 is 0.950 bits per heavy atom. The van der Waals surface area contributed by atoms with Crippen LogP contribution < -0.4 is 5.43 Å². The van der Waals surface area contributed by atoms with Gasteiger partial charge in [-0.25, -0.2) is 4.79 Å². The Bertz CT molecular complexity index is 619. The molecule has 0 amide bonds. The summed E-state index contributed by atoms with van der Waals surface area (Å²) in [5.74, 6) is -1.01. The topological polar surface area (TPSA) is 61.7 Å². The number of nitrogens with one attached hydrogen (secondary N) is 1. The van der Waals surface area contributed by atoms with Gasteiger partial charge in [-0.15, -0.1) is 0 Å². The number of allylic oxidation sites excluding steroid dienone is 1. The van der Waals surface area contributed by atoms with Crippen LogP contribution in [0.3, 0.4) is 0 Å². The molecule has 0 aromatic heterocycles. The minimum Gasteiger partial charge on any atom is -0.478 e. The van der Waals surface area contributed by atoms with Crippen LogP contribution in [0.15, 0.2) is 77.9 Å². The third-order valence-corrected chi connectivity index (χ3v) is 2.53. The van der Waals surface area contributed by atoms with Crippen molar-refractivity contribution in [1.82, 2.24) is 0 Å². The van der Waals surface area contributed by atoms with Gasteiger partial charge in [0.05, 0.1) is 11.4 Å². The number of aliphatic carboxylic acids is 1. The summed E-state index contributed by atoms with van der Waals surface area (Å²) in [5, 5.41) is 13.0. The van der Waals surface area contributed by atoms with Crippen LogP contribution in [0.1, 0.15) is 5.56 Å². The summed E-state index contributed by atoms with van der Waals surface area (Å²) in [6, 6.07) is 18.9. The van der Waals surface area contributed by atoms with E-state index in [1.54, 1.807) is 0 Å². The zero-order valence-electron chi connectivity index (χ0n) is 10.7. The molecule has 0 aliphatic heterocycles. The predicted molar refractivity (Wildman–Crippen MR) is 79.8 cm³/mol. The van der Waals surface area contributed by atoms with E-state index in [9.17, 15) is 4.79 Å². The highest BCUT2D eigenvalue weighted by Crippen LogP contribution is 2.07. The van der Waals surface area contributed by atoms with Gasteiger partial charge >= 0.3 is 5.97 Å². The average Bonchev–Trinajstić information content (AvgIpc) is 2.49. The Hall–Kier alpha value is -2.88. The summed E-state index contributed by atoms with van der Waals surface area (Å²) < 4.78 is 0. The molecule has 4 nitrogen and oxygen atoms in total. The Kier molecular flexibility index (Phi) is 4.67. The standard InChI is InChI=1S/C16H14N2O2/c19-16(20)12-11-15(13-7-3-1-4-8-13)18-17-14-9-5-2-6-10-14/h1-12,17H,(H,19,20)/b12-11+,18-15+. The molecule has 2 aromatic rings. The van der Waals surface area contributed by atoms with E-state index in [0.717, 1.165) is 17.3 Å². The highest BCUT2D eigenvalue weighted by atomic mass is 16.4. The highest BCUT2D eigenvalue weighted by molar-refractivity contribution is 6.10. The van der Waals surface area contributed by atoms with Gasteiger partial charge in [-0.2, -0.15) is 5.10 Å². The van der Waals surface area contributed by atoms with E-state index < -0.39 is 5.97 Å². The monoisotopic (exact) mass is 266 g/mol. The van der Waals surface area contributed by atoms with Crippen molar-refractivity contribution in [2.75, 3.05) is 5.43 Å². The molecule has 100 valence electrons. The van der Waals surface area contributed by atoms with Gasteiger partial charge in [0.1, 0.15) is 0 Å². The molecule has 0 fully saturated rings. The first-order chi connectivity index (χ1) is 9.75. The molecule has 2 N–H and O–H groups in total. The molecule has 0 heterocycles. The lowest BCUT2D eigenvalue weighted by atomic mass is 10.1. The molecule has 0 bridgehead atoms. The number of hydrogen-bond acceptors (Lipinski definition) is 3. The molecule has 0 aliphatic rings. The fourth-order valence-corrected chi connectivity index (χ4v) is 1.59. The Labute approximate surface area is 117 Å². The molecule has 0 spiro atoms. The summed E-state index contributed by atoms with van der Waals surface area (Å²) in [4.78, 5) is 10.6. The van der Waals surface area contributed by atoms with Crippen LogP contribution in [0.25, 0.3) is 0 Å². The molecule has 0 saturated carbocycles. The largest absolute Gasteiger partial charge is 0.478 e. The quantitative estimate of drug-likeness (QED) is 0.496. The molecule has 4 heteroatoms. The van der Waals surface area contributed by atoms with Crippen LogP contribution in [0.5, 0.6) is 0 Å². The zero-order chi connectivity index (χ0) is 14.2. The van der Waals surface area contributed by atoms with Gasteiger partial charge in [-0.05, 0) is 18.2 Å². The second-order valence-electron chi connectivity index (χ2n) is 4.01. The normalized spacial score (nSPS) is 11.5. The van der Waals surface area contributed by atoms with E-state index in [4.69, 9.17) is 5.11 Å². The maximum Gasteiger partial charge on any atom is 0.328 e. The number of carboxylic acid groups (broad SMARTS) is 1. The lowest BCUT2D eigenvalue weighted by molar-refractivity contribution is -0.131. The lowest BCUT2D eigenvalue weighted by Crippen LogP contribution is -2.02. The van der Waals surface area contributed by atoms with Crippen molar-refractivity contribution in [1.29, 1.82) is 0 Å². The molecule has 0 radical (unpaired) electrons. The molecular weight excluding hydrogens is 252 g/mol. The number of carbonyl (C=O) groups is 1. The van der Waals surface area contributed by atoms with Crippen LogP contribution in [-0.2, 0) is 4.79 Å². The summed E-state index contributed by atoms with van der Waals surface area (Å²) in [6.07, 6.45) is 2.53. The first-order valence-electron chi connectivity index (χ1n) is 6.11. The van der Waals surface area contributed by atoms with Gasteiger partial charge in [0.15, 0.2) is 0 Å². The SMILES string of the molecule is O=C(O)/C=C/C(=N\Nc1ccccc1)c1ccccc1. The number of carboxylic acids is 1. The number of hydrazone groups is 1. The molecule has 2 rings (SSSR count). The van der Waals surface area contributed by atoms with Crippen molar-refractivity contribution in [3.8, 4) is 0 Å². The van der Waals surface area contributed by atoms with Crippen molar-refractivity contribution >= 4 is 17.4 Å². The summed E-state index contributed by atoms with van der Waals surface area (Å²) in [7, 11) is 0. The van der Waals surface area contributed by atoms with E-state index in [0.29, 0.717) is 5.71 Å². The molecular formula is C16H14N2O2. The van der Waals surface area contributed by atoms with E-state index in [1.807, 2.05) is 60.7 Å². The fraction of sp³-hybridized carbons (Fsp3) is 0. The number of rotatable bonds is 5. The van der Waals surface area contributed by atoms with Crippen LogP contribution in [0.4, 0.5) is 5.69 Å². The maximum absolute atomic E-state index is 10.6. The lowest BCUT2D eigenvalue weighted by Gasteiger charge is -2.04. The average molecular weight is 266 g/mol. The molecule has 0 saturated heterocycles. The van der Waals surface area contributed by atoms with E-state index >= 15 is 0 Å². The minimum absolute atomic E-state index is 0.553. The van der Waals surface area contributed by atoms with Crippen molar-refractivity contribution < 1.29 is 9.90 Å². The van der Waals surface area contributed by atoms with Crippen LogP contribution in [0.2, 0.25) is 0 Å². The molecule has 20 heavy (non-hydrogen) atoms. The number of para-hydroxylation sites is 1.